The van der Waals surface area contributed by atoms with Gasteiger partial charge in [-0.25, -0.2) is 0 Å². The van der Waals surface area contributed by atoms with Gasteiger partial charge in [0.25, 0.3) is 0 Å². The van der Waals surface area contributed by atoms with Gasteiger partial charge in [0.1, 0.15) is 0 Å². The number of carbonyl (C=O) groups excluding carboxylic acids is 1. The summed E-state index contributed by atoms with van der Waals surface area (Å²) in [5, 5.41) is 0. The number of benzene rings is 1. The number of unbranched alkanes of at least 4 members (excludes halogenated alkanes) is 7. The van der Waals surface area contributed by atoms with Crippen molar-refractivity contribution in [1.29, 1.82) is 0 Å². The van der Waals surface area contributed by atoms with Gasteiger partial charge in [-0.15, -0.1) is 0 Å². The summed E-state index contributed by atoms with van der Waals surface area (Å²) >= 11 is 0. The first-order valence-electron chi connectivity index (χ1n) is 8.01. The Morgan fingerprint density at radius 2 is 1.55 bits per heavy atom. The van der Waals surface area contributed by atoms with Crippen molar-refractivity contribution in [2.24, 2.45) is 0 Å². The van der Waals surface area contributed by atoms with Crippen LogP contribution in [0.1, 0.15) is 81.1 Å². The fourth-order valence-corrected chi connectivity index (χ4v) is 2.27. The largest absolute Gasteiger partial charge is 0.295 e. The highest BCUT2D eigenvalue weighted by Gasteiger charge is 1.96. The van der Waals surface area contributed by atoms with E-state index in [1.165, 1.54) is 50.5 Å². The molecule has 0 aliphatic carbocycles. The molecule has 0 bridgehead atoms. The highest BCUT2D eigenvalue weighted by Crippen LogP contribution is 2.11. The Hall–Kier alpha value is -1.37. The molecule has 0 atom stereocenters. The molecule has 0 aliphatic heterocycles. The van der Waals surface area contributed by atoms with Gasteiger partial charge in [0.05, 0.1) is 0 Å². The molecule has 1 nitrogen and oxygen atoms in total. The van der Waals surface area contributed by atoms with E-state index < -0.39 is 0 Å². The third-order valence-electron chi connectivity index (χ3n) is 3.60. The lowest BCUT2D eigenvalue weighted by atomic mass is 10.1. The topological polar surface area (TPSA) is 17.1 Å². The Bertz CT molecular complexity index is 400. The van der Waals surface area contributed by atoms with Crippen molar-refractivity contribution in [3.8, 4) is 0 Å². The predicted molar refractivity (Wildman–Crippen MR) is 88.1 cm³/mol. The molecule has 0 amide bonds. The van der Waals surface area contributed by atoms with Crippen LogP contribution in [0.3, 0.4) is 0 Å². The van der Waals surface area contributed by atoms with Crippen LogP contribution in [0.5, 0.6) is 0 Å². The van der Waals surface area contributed by atoms with Crippen molar-refractivity contribution < 1.29 is 4.79 Å². The van der Waals surface area contributed by atoms with Crippen molar-refractivity contribution in [3.63, 3.8) is 0 Å². The van der Waals surface area contributed by atoms with E-state index in [2.05, 4.69) is 19.1 Å². The number of carbonyl (C=O) groups is 1. The quantitative estimate of drug-likeness (QED) is 0.374. The highest BCUT2D eigenvalue weighted by molar-refractivity contribution is 5.94. The number of hydrogen-bond acceptors (Lipinski definition) is 1. The summed E-state index contributed by atoms with van der Waals surface area (Å²) in [6.45, 7) is 3.86. The first-order chi connectivity index (χ1) is 9.74. The second kappa shape index (κ2) is 10.4. The van der Waals surface area contributed by atoms with Crippen LogP contribution in [-0.2, 0) is 0 Å². The van der Waals surface area contributed by atoms with Crippen molar-refractivity contribution in [3.05, 3.63) is 41.5 Å². The van der Waals surface area contributed by atoms with Crippen molar-refractivity contribution in [2.75, 3.05) is 0 Å². The third-order valence-corrected chi connectivity index (χ3v) is 3.60. The van der Waals surface area contributed by atoms with E-state index in [0.29, 0.717) is 0 Å². The number of Topliss-reactive ketones (excluding diaryl/α,β-unsaturated/α-hetero) is 1. The Morgan fingerprint density at radius 3 is 2.15 bits per heavy atom. The Labute approximate surface area is 124 Å². The normalized spacial score (nSPS) is 11.1. The lowest BCUT2D eigenvalue weighted by Gasteiger charge is -1.99. The zero-order valence-electron chi connectivity index (χ0n) is 13.0. The molecule has 1 rings (SSSR count). The summed E-state index contributed by atoms with van der Waals surface area (Å²) in [6.07, 6.45) is 15.1. The molecule has 0 fully saturated rings. The lowest BCUT2D eigenvalue weighted by molar-refractivity contribution is 0.101. The second-order valence-corrected chi connectivity index (χ2v) is 5.49. The summed E-state index contributed by atoms with van der Waals surface area (Å²) in [6, 6.07) is 7.82. The molecule has 0 aromatic heterocycles. The van der Waals surface area contributed by atoms with E-state index in [1.54, 1.807) is 6.92 Å². The van der Waals surface area contributed by atoms with Gasteiger partial charge >= 0.3 is 0 Å². The van der Waals surface area contributed by atoms with Gasteiger partial charge in [0.2, 0.25) is 0 Å². The molecular weight excluding hydrogens is 244 g/mol. The van der Waals surface area contributed by atoms with Crippen LogP contribution in [0.4, 0.5) is 0 Å². The first kappa shape index (κ1) is 16.7. The molecule has 20 heavy (non-hydrogen) atoms. The summed E-state index contributed by atoms with van der Waals surface area (Å²) in [7, 11) is 0. The smallest absolute Gasteiger partial charge is 0.159 e. The molecule has 0 unspecified atom stereocenters. The Morgan fingerprint density at radius 1 is 0.950 bits per heavy atom. The maximum absolute atomic E-state index is 11.2. The molecule has 1 heteroatoms. The van der Waals surface area contributed by atoms with Crippen molar-refractivity contribution >= 4 is 11.9 Å². The van der Waals surface area contributed by atoms with Gasteiger partial charge in [-0.2, -0.15) is 0 Å². The van der Waals surface area contributed by atoms with Crippen LogP contribution < -0.4 is 0 Å². The van der Waals surface area contributed by atoms with Gasteiger partial charge in [-0.3, -0.25) is 4.79 Å². The number of rotatable bonds is 10. The van der Waals surface area contributed by atoms with E-state index in [-0.39, 0.29) is 5.78 Å². The molecule has 0 aliphatic rings. The maximum atomic E-state index is 11.2. The lowest BCUT2D eigenvalue weighted by Crippen LogP contribution is -1.90. The Kier molecular flexibility index (Phi) is 8.69. The standard InChI is InChI=1S/C19H28O/c1-3-4-5-6-7-8-9-10-11-12-18-13-15-19(16-14-18)17(2)20/h11-16H,3-10H2,1-2H3. The molecule has 0 saturated heterocycles. The SMILES string of the molecule is CCCCCCCCCC=Cc1ccc(C(C)=O)cc1. The van der Waals surface area contributed by atoms with Gasteiger partial charge in [-0.1, -0.05) is 81.9 Å². The zero-order valence-corrected chi connectivity index (χ0v) is 13.0. The van der Waals surface area contributed by atoms with Crippen LogP contribution >= 0.6 is 0 Å². The molecule has 1 aromatic rings. The minimum absolute atomic E-state index is 0.128. The molecule has 110 valence electrons. The number of ketones is 1. The number of allylic oxidation sites excluding steroid dienone is 1. The van der Waals surface area contributed by atoms with Gasteiger partial charge in [0.15, 0.2) is 5.78 Å². The average Bonchev–Trinajstić information content (AvgIpc) is 2.46. The maximum Gasteiger partial charge on any atom is 0.159 e. The molecule has 0 N–H and O–H groups in total. The molecule has 0 radical (unpaired) electrons. The van der Waals surface area contributed by atoms with E-state index in [4.69, 9.17) is 0 Å². The summed E-state index contributed by atoms with van der Waals surface area (Å²) in [5.41, 5.74) is 1.96. The monoisotopic (exact) mass is 272 g/mol. The van der Waals surface area contributed by atoms with Gasteiger partial charge in [0, 0.05) is 5.56 Å². The minimum atomic E-state index is 0.128. The fraction of sp³-hybridized carbons (Fsp3) is 0.526. The molecular formula is C19H28O. The molecule has 0 saturated carbocycles. The minimum Gasteiger partial charge on any atom is -0.295 e. The van der Waals surface area contributed by atoms with Gasteiger partial charge < -0.3 is 0 Å². The van der Waals surface area contributed by atoms with Crippen LogP contribution in [0, 0.1) is 0 Å². The van der Waals surface area contributed by atoms with Gasteiger partial charge in [-0.05, 0) is 25.3 Å². The Balaban J connectivity index is 2.13. The van der Waals surface area contributed by atoms with Crippen LogP contribution in [-0.4, -0.2) is 5.78 Å². The van der Waals surface area contributed by atoms with E-state index in [9.17, 15) is 4.79 Å². The summed E-state index contributed by atoms with van der Waals surface area (Å²) in [4.78, 5) is 11.2. The first-order valence-corrected chi connectivity index (χ1v) is 8.01. The van der Waals surface area contributed by atoms with E-state index in [0.717, 1.165) is 12.0 Å². The summed E-state index contributed by atoms with van der Waals surface area (Å²) in [5.74, 6) is 0.128. The van der Waals surface area contributed by atoms with Crippen molar-refractivity contribution in [2.45, 2.75) is 65.2 Å². The molecule has 1 aromatic carbocycles. The summed E-state index contributed by atoms with van der Waals surface area (Å²) < 4.78 is 0. The molecule has 0 spiro atoms. The fourth-order valence-electron chi connectivity index (χ4n) is 2.27. The highest BCUT2D eigenvalue weighted by atomic mass is 16.1. The van der Waals surface area contributed by atoms with Crippen LogP contribution in [0.15, 0.2) is 30.3 Å². The van der Waals surface area contributed by atoms with E-state index in [1.807, 2.05) is 24.3 Å². The molecule has 0 heterocycles. The predicted octanol–water partition coefficient (Wildman–Crippen LogP) is 6.04. The van der Waals surface area contributed by atoms with E-state index >= 15 is 0 Å². The number of hydrogen-bond donors (Lipinski definition) is 0. The average molecular weight is 272 g/mol. The zero-order chi connectivity index (χ0) is 14.6. The van der Waals surface area contributed by atoms with Crippen LogP contribution in [0.2, 0.25) is 0 Å². The third kappa shape index (κ3) is 7.28. The van der Waals surface area contributed by atoms with Crippen molar-refractivity contribution in [1.82, 2.24) is 0 Å². The second-order valence-electron chi connectivity index (χ2n) is 5.49. The van der Waals surface area contributed by atoms with Crippen LogP contribution in [0.25, 0.3) is 6.08 Å².